The highest BCUT2D eigenvalue weighted by atomic mass is 32.2. The van der Waals surface area contributed by atoms with E-state index in [2.05, 4.69) is 19.2 Å². The fourth-order valence-corrected chi connectivity index (χ4v) is 1.75. The van der Waals surface area contributed by atoms with Crippen LogP contribution >= 0.6 is 11.8 Å². The molecule has 86 valence electrons. The molecular weight excluding hydrogens is 212 g/mol. The number of nitrogens with one attached hydrogen (secondary N) is 1. The molecular formula is C10H18N2O2S. The van der Waals surface area contributed by atoms with Crippen molar-refractivity contribution in [1.29, 1.82) is 0 Å². The van der Waals surface area contributed by atoms with Gasteiger partial charge in [-0.25, -0.2) is 4.79 Å². The smallest absolute Gasteiger partial charge is 0.322 e. The second kappa shape index (κ2) is 4.43. The summed E-state index contributed by atoms with van der Waals surface area (Å²) in [5.74, 6) is -0.279. The zero-order valence-electron chi connectivity index (χ0n) is 9.66. The van der Waals surface area contributed by atoms with Gasteiger partial charge in [0.25, 0.3) is 0 Å². The van der Waals surface area contributed by atoms with E-state index >= 15 is 0 Å². The number of thioether (sulfide) groups is 1. The normalized spacial score (nSPS) is 22.9. The second-order valence-electron chi connectivity index (χ2n) is 4.54. The Bertz CT molecular complexity index is 279. The predicted octanol–water partition coefficient (Wildman–Crippen LogP) is 1.32. The maximum absolute atomic E-state index is 11.5. The number of urea groups is 1. The van der Waals surface area contributed by atoms with Crippen LogP contribution in [0, 0.1) is 5.92 Å². The standard InChI is InChI=1S/C10H18N2O2S/c1-7-5-12(6-10(2,3)15-4)9(14)11-8(7)13/h7H,5-6H2,1-4H3,(H,11,13,14). The first-order chi connectivity index (χ1) is 6.85. The van der Waals surface area contributed by atoms with Gasteiger partial charge in [0, 0.05) is 17.8 Å². The molecule has 3 amide bonds. The highest BCUT2D eigenvalue weighted by molar-refractivity contribution is 7.99. The minimum absolute atomic E-state index is 0.0252. The Hall–Kier alpha value is -0.710. The van der Waals surface area contributed by atoms with Gasteiger partial charge in [-0.15, -0.1) is 0 Å². The lowest BCUT2D eigenvalue weighted by Gasteiger charge is -2.35. The van der Waals surface area contributed by atoms with Crippen molar-refractivity contribution >= 4 is 23.7 Å². The van der Waals surface area contributed by atoms with E-state index in [-0.39, 0.29) is 22.6 Å². The van der Waals surface area contributed by atoms with Crippen LogP contribution in [0.1, 0.15) is 20.8 Å². The molecule has 1 aliphatic rings. The van der Waals surface area contributed by atoms with Crippen LogP contribution in [0.5, 0.6) is 0 Å². The molecule has 1 fully saturated rings. The van der Waals surface area contributed by atoms with E-state index in [9.17, 15) is 9.59 Å². The molecule has 1 rings (SSSR count). The van der Waals surface area contributed by atoms with E-state index in [1.807, 2.05) is 13.2 Å². The quantitative estimate of drug-likeness (QED) is 0.795. The third-order valence-corrected chi connectivity index (χ3v) is 3.82. The van der Waals surface area contributed by atoms with Gasteiger partial charge in [-0.05, 0) is 20.1 Å². The van der Waals surface area contributed by atoms with E-state index in [0.29, 0.717) is 13.1 Å². The van der Waals surface area contributed by atoms with Gasteiger partial charge in [-0.2, -0.15) is 11.8 Å². The number of carbonyl (C=O) groups is 2. The minimum Gasteiger partial charge on any atom is -0.322 e. The van der Waals surface area contributed by atoms with E-state index in [0.717, 1.165) is 0 Å². The Balaban J connectivity index is 2.63. The van der Waals surface area contributed by atoms with Crippen molar-refractivity contribution < 1.29 is 9.59 Å². The Morgan fingerprint density at radius 2 is 2.13 bits per heavy atom. The number of imide groups is 1. The highest BCUT2D eigenvalue weighted by Crippen LogP contribution is 2.23. The fourth-order valence-electron chi connectivity index (χ4n) is 1.46. The molecule has 1 unspecified atom stereocenters. The fraction of sp³-hybridized carbons (Fsp3) is 0.800. The molecule has 0 saturated carbocycles. The Labute approximate surface area is 94.8 Å². The highest BCUT2D eigenvalue weighted by Gasteiger charge is 2.32. The molecule has 0 aliphatic carbocycles. The molecule has 0 aromatic heterocycles. The van der Waals surface area contributed by atoms with Crippen LogP contribution in [0.3, 0.4) is 0 Å². The Kier molecular flexibility index (Phi) is 3.65. The van der Waals surface area contributed by atoms with Crippen LogP contribution in [0.15, 0.2) is 0 Å². The van der Waals surface area contributed by atoms with Crippen LogP contribution in [-0.2, 0) is 4.79 Å². The summed E-state index contributed by atoms with van der Waals surface area (Å²) in [7, 11) is 0. The molecule has 0 aromatic carbocycles. The molecule has 15 heavy (non-hydrogen) atoms. The maximum atomic E-state index is 11.5. The third kappa shape index (κ3) is 3.12. The number of nitrogens with zero attached hydrogens (tertiary/aromatic N) is 1. The van der Waals surface area contributed by atoms with Crippen LogP contribution in [0.2, 0.25) is 0 Å². The molecule has 1 N–H and O–H groups in total. The molecule has 1 saturated heterocycles. The third-order valence-electron chi connectivity index (χ3n) is 2.58. The first-order valence-electron chi connectivity index (χ1n) is 5.00. The molecule has 4 nitrogen and oxygen atoms in total. The van der Waals surface area contributed by atoms with E-state index in [1.165, 1.54) is 0 Å². The lowest BCUT2D eigenvalue weighted by atomic mass is 10.1. The van der Waals surface area contributed by atoms with Gasteiger partial charge in [-0.1, -0.05) is 6.92 Å². The first kappa shape index (κ1) is 12.4. The minimum atomic E-state index is -0.264. The zero-order chi connectivity index (χ0) is 11.6. The van der Waals surface area contributed by atoms with Crippen LogP contribution in [-0.4, -0.2) is 40.9 Å². The van der Waals surface area contributed by atoms with Crippen LogP contribution < -0.4 is 5.32 Å². The zero-order valence-corrected chi connectivity index (χ0v) is 10.5. The largest absolute Gasteiger partial charge is 0.324 e. The number of hydrogen-bond acceptors (Lipinski definition) is 3. The number of rotatable bonds is 3. The maximum Gasteiger partial charge on any atom is 0.324 e. The molecule has 5 heteroatoms. The first-order valence-corrected chi connectivity index (χ1v) is 6.23. The van der Waals surface area contributed by atoms with Crippen molar-refractivity contribution in [3.8, 4) is 0 Å². The average Bonchev–Trinajstić information content (AvgIpc) is 2.14. The monoisotopic (exact) mass is 230 g/mol. The van der Waals surface area contributed by atoms with Crippen molar-refractivity contribution in [3.05, 3.63) is 0 Å². The van der Waals surface area contributed by atoms with E-state index < -0.39 is 0 Å². The van der Waals surface area contributed by atoms with E-state index in [4.69, 9.17) is 0 Å². The number of amides is 3. The van der Waals surface area contributed by atoms with Gasteiger partial charge in [0.1, 0.15) is 0 Å². The summed E-state index contributed by atoms with van der Waals surface area (Å²) in [5.41, 5.74) is 0. The number of carbonyl (C=O) groups excluding carboxylic acids is 2. The van der Waals surface area contributed by atoms with Gasteiger partial charge in [0.15, 0.2) is 0 Å². The van der Waals surface area contributed by atoms with Gasteiger partial charge >= 0.3 is 6.03 Å². The SMILES string of the molecule is CSC(C)(C)CN1CC(C)C(=O)NC1=O. The Morgan fingerprint density at radius 3 is 2.67 bits per heavy atom. The van der Waals surface area contributed by atoms with E-state index in [1.54, 1.807) is 16.7 Å². The summed E-state index contributed by atoms with van der Waals surface area (Å²) in [6, 6.07) is -0.264. The molecule has 0 aromatic rings. The molecule has 1 heterocycles. The van der Waals surface area contributed by atoms with Crippen molar-refractivity contribution in [2.45, 2.75) is 25.5 Å². The molecule has 0 spiro atoms. The number of hydrogen-bond donors (Lipinski definition) is 1. The lowest BCUT2D eigenvalue weighted by molar-refractivity contribution is -0.125. The van der Waals surface area contributed by atoms with Crippen molar-refractivity contribution in [1.82, 2.24) is 10.2 Å². The summed E-state index contributed by atoms with van der Waals surface area (Å²) in [4.78, 5) is 24.5. The lowest BCUT2D eigenvalue weighted by Crippen LogP contribution is -2.56. The van der Waals surface area contributed by atoms with Gasteiger partial charge in [0.05, 0.1) is 5.92 Å². The van der Waals surface area contributed by atoms with Gasteiger partial charge in [-0.3, -0.25) is 10.1 Å². The molecule has 1 atom stereocenters. The topological polar surface area (TPSA) is 49.4 Å². The van der Waals surface area contributed by atoms with Crippen molar-refractivity contribution in [3.63, 3.8) is 0 Å². The second-order valence-corrected chi connectivity index (χ2v) is 6.05. The van der Waals surface area contributed by atoms with Gasteiger partial charge < -0.3 is 4.90 Å². The average molecular weight is 230 g/mol. The van der Waals surface area contributed by atoms with Crippen LogP contribution in [0.25, 0.3) is 0 Å². The Morgan fingerprint density at radius 1 is 1.53 bits per heavy atom. The van der Waals surface area contributed by atoms with Gasteiger partial charge in [0.2, 0.25) is 5.91 Å². The van der Waals surface area contributed by atoms with Crippen molar-refractivity contribution in [2.75, 3.05) is 19.3 Å². The molecule has 0 bridgehead atoms. The molecule has 0 radical (unpaired) electrons. The summed E-state index contributed by atoms with van der Waals surface area (Å²) >= 11 is 1.72. The van der Waals surface area contributed by atoms with Crippen molar-refractivity contribution in [2.24, 2.45) is 5.92 Å². The predicted molar refractivity (Wildman–Crippen MR) is 61.9 cm³/mol. The summed E-state index contributed by atoms with van der Waals surface area (Å²) < 4.78 is 0.0252. The molecule has 1 aliphatic heterocycles. The summed E-state index contributed by atoms with van der Waals surface area (Å²) in [5, 5.41) is 2.36. The summed E-state index contributed by atoms with van der Waals surface area (Å²) in [6.45, 7) is 7.20. The summed E-state index contributed by atoms with van der Waals surface area (Å²) in [6.07, 6.45) is 2.02. The van der Waals surface area contributed by atoms with Crippen LogP contribution in [0.4, 0.5) is 4.79 Å².